The minimum Gasteiger partial charge on any atom is -0.316 e. The molecule has 0 rings (SSSR count). The first-order valence-electron chi connectivity index (χ1n) is 4.08. The lowest BCUT2D eigenvalue weighted by Crippen LogP contribution is -2.28. The second kappa shape index (κ2) is 5.72. The molecule has 2 atom stereocenters. The number of hydrogen-bond acceptors (Lipinski definition) is 2. The fraction of sp³-hybridized carbons (Fsp3) is 1.00. The molecular weight excluding hydrogens is 158 g/mol. The third-order valence-electron chi connectivity index (χ3n) is 1.45. The molecule has 11 heavy (non-hydrogen) atoms. The van der Waals surface area contributed by atoms with Gasteiger partial charge in [0.2, 0.25) is 0 Å². The minimum atomic E-state index is -0.643. The van der Waals surface area contributed by atoms with Crippen LogP contribution >= 0.6 is 0 Å². The van der Waals surface area contributed by atoms with Gasteiger partial charge in [-0.15, -0.1) is 0 Å². The Hall–Kier alpha value is 0.110. The van der Waals surface area contributed by atoms with Gasteiger partial charge in [-0.25, -0.2) is 0 Å². The molecular formula is C8H19NOS. The van der Waals surface area contributed by atoms with Crippen molar-refractivity contribution in [3.8, 4) is 0 Å². The normalized spacial score (nSPS) is 16.8. The molecule has 0 amide bonds. The summed E-state index contributed by atoms with van der Waals surface area (Å²) in [6, 6.07) is 0.370. The van der Waals surface area contributed by atoms with Crippen molar-refractivity contribution < 1.29 is 4.21 Å². The Morgan fingerprint density at radius 2 is 1.82 bits per heavy atom. The maximum absolute atomic E-state index is 11.3. The summed E-state index contributed by atoms with van der Waals surface area (Å²) in [7, 11) is 1.26. The molecule has 0 saturated carbocycles. The van der Waals surface area contributed by atoms with E-state index in [0.29, 0.717) is 12.0 Å². The predicted octanol–water partition coefficient (Wildman–Crippen LogP) is 0.999. The summed E-state index contributed by atoms with van der Waals surface area (Å²) < 4.78 is 11.3. The van der Waals surface area contributed by atoms with Crippen LogP contribution in [0.2, 0.25) is 0 Å². The second-order valence-corrected chi connectivity index (χ2v) is 4.90. The van der Waals surface area contributed by atoms with E-state index in [9.17, 15) is 4.21 Å². The zero-order chi connectivity index (χ0) is 8.85. The van der Waals surface area contributed by atoms with Crippen LogP contribution in [-0.2, 0) is 10.8 Å². The first-order chi connectivity index (χ1) is 5.06. The topological polar surface area (TPSA) is 29.1 Å². The predicted molar refractivity (Wildman–Crippen MR) is 51.2 cm³/mol. The van der Waals surface area contributed by atoms with Crippen molar-refractivity contribution >= 4 is 10.8 Å². The fourth-order valence-corrected chi connectivity index (χ4v) is 2.41. The Bertz CT molecular complexity index is 125. The van der Waals surface area contributed by atoms with Gasteiger partial charge in [0.05, 0.1) is 0 Å². The van der Waals surface area contributed by atoms with Crippen LogP contribution < -0.4 is 5.32 Å². The van der Waals surface area contributed by atoms with E-state index >= 15 is 0 Å². The SMILES string of the molecule is CNC(C)CS(=O)CC(C)C. The zero-order valence-corrected chi connectivity index (χ0v) is 8.70. The van der Waals surface area contributed by atoms with E-state index in [4.69, 9.17) is 0 Å². The molecule has 0 aliphatic heterocycles. The molecule has 68 valence electrons. The van der Waals surface area contributed by atoms with Crippen LogP contribution in [0, 0.1) is 5.92 Å². The van der Waals surface area contributed by atoms with Gasteiger partial charge in [-0.2, -0.15) is 0 Å². The van der Waals surface area contributed by atoms with Crippen molar-refractivity contribution in [2.75, 3.05) is 18.6 Å². The number of hydrogen-bond donors (Lipinski definition) is 1. The van der Waals surface area contributed by atoms with Crippen LogP contribution in [0.3, 0.4) is 0 Å². The molecule has 0 aliphatic rings. The van der Waals surface area contributed by atoms with E-state index in [2.05, 4.69) is 26.1 Å². The van der Waals surface area contributed by atoms with E-state index in [-0.39, 0.29) is 0 Å². The minimum absolute atomic E-state index is 0.370. The summed E-state index contributed by atoms with van der Waals surface area (Å²) >= 11 is 0. The average Bonchev–Trinajstić information content (AvgIpc) is 1.85. The summed E-state index contributed by atoms with van der Waals surface area (Å²) in [6.07, 6.45) is 0. The lowest BCUT2D eigenvalue weighted by molar-refractivity contribution is 0.635. The highest BCUT2D eigenvalue weighted by Gasteiger charge is 2.06. The average molecular weight is 177 g/mol. The van der Waals surface area contributed by atoms with E-state index in [1.807, 2.05) is 7.05 Å². The smallest absolute Gasteiger partial charge is 0.0386 e. The maximum Gasteiger partial charge on any atom is 0.0386 e. The molecule has 3 heteroatoms. The molecule has 0 saturated heterocycles. The Labute approximate surface area is 72.2 Å². The molecule has 0 spiro atoms. The highest BCUT2D eigenvalue weighted by atomic mass is 32.2. The zero-order valence-electron chi connectivity index (χ0n) is 7.89. The van der Waals surface area contributed by atoms with Crippen molar-refractivity contribution in [1.29, 1.82) is 0 Å². The van der Waals surface area contributed by atoms with Gasteiger partial charge in [0.25, 0.3) is 0 Å². The largest absolute Gasteiger partial charge is 0.316 e. The molecule has 0 bridgehead atoms. The second-order valence-electron chi connectivity index (χ2n) is 3.36. The van der Waals surface area contributed by atoms with Gasteiger partial charge < -0.3 is 5.32 Å². The Morgan fingerprint density at radius 1 is 1.27 bits per heavy atom. The van der Waals surface area contributed by atoms with Gasteiger partial charge in [-0.1, -0.05) is 13.8 Å². The van der Waals surface area contributed by atoms with Crippen molar-refractivity contribution in [1.82, 2.24) is 5.32 Å². The lowest BCUT2D eigenvalue weighted by Gasteiger charge is -2.10. The van der Waals surface area contributed by atoms with Crippen LogP contribution in [-0.4, -0.2) is 28.8 Å². The molecule has 0 radical (unpaired) electrons. The monoisotopic (exact) mass is 177 g/mol. The summed E-state index contributed by atoms with van der Waals surface area (Å²) in [4.78, 5) is 0. The van der Waals surface area contributed by atoms with Gasteiger partial charge in [0, 0.05) is 28.3 Å². The molecule has 0 aromatic heterocycles. The summed E-state index contributed by atoms with van der Waals surface area (Å²) in [6.45, 7) is 6.25. The summed E-state index contributed by atoms with van der Waals surface area (Å²) in [5.41, 5.74) is 0. The highest BCUT2D eigenvalue weighted by molar-refractivity contribution is 7.85. The Morgan fingerprint density at radius 3 is 2.18 bits per heavy atom. The van der Waals surface area contributed by atoms with Gasteiger partial charge >= 0.3 is 0 Å². The van der Waals surface area contributed by atoms with Crippen LogP contribution in [0.5, 0.6) is 0 Å². The third-order valence-corrected chi connectivity index (χ3v) is 3.36. The highest BCUT2D eigenvalue weighted by Crippen LogP contribution is 1.97. The van der Waals surface area contributed by atoms with Crippen molar-refractivity contribution in [3.63, 3.8) is 0 Å². The van der Waals surface area contributed by atoms with Crippen molar-refractivity contribution in [2.45, 2.75) is 26.8 Å². The quantitative estimate of drug-likeness (QED) is 0.679. The van der Waals surface area contributed by atoms with E-state index in [0.717, 1.165) is 11.5 Å². The summed E-state index contributed by atoms with van der Waals surface area (Å²) in [5.74, 6) is 2.14. The van der Waals surface area contributed by atoms with Gasteiger partial charge in [-0.3, -0.25) is 4.21 Å². The van der Waals surface area contributed by atoms with Crippen LogP contribution in [0.4, 0.5) is 0 Å². The van der Waals surface area contributed by atoms with Gasteiger partial charge in [0.1, 0.15) is 0 Å². The molecule has 0 aromatic rings. The first-order valence-corrected chi connectivity index (χ1v) is 5.57. The maximum atomic E-state index is 11.3. The van der Waals surface area contributed by atoms with E-state index in [1.54, 1.807) is 0 Å². The van der Waals surface area contributed by atoms with Crippen molar-refractivity contribution in [2.24, 2.45) is 5.92 Å². The molecule has 1 N–H and O–H groups in total. The number of rotatable bonds is 5. The molecule has 2 nitrogen and oxygen atoms in total. The molecule has 0 fully saturated rings. The molecule has 0 heterocycles. The van der Waals surface area contributed by atoms with E-state index < -0.39 is 10.8 Å². The Balaban J connectivity index is 3.52. The lowest BCUT2D eigenvalue weighted by atomic mass is 10.3. The summed E-state index contributed by atoms with van der Waals surface area (Å²) in [5, 5.41) is 3.08. The Kier molecular flexibility index (Phi) is 5.78. The first kappa shape index (κ1) is 11.1. The number of nitrogens with one attached hydrogen (secondary N) is 1. The standard InChI is InChI=1S/C8H19NOS/c1-7(2)5-11(10)6-8(3)9-4/h7-9H,5-6H2,1-4H3. The third kappa shape index (κ3) is 6.51. The van der Waals surface area contributed by atoms with Gasteiger partial charge in [0.15, 0.2) is 0 Å². The van der Waals surface area contributed by atoms with Crippen LogP contribution in [0.15, 0.2) is 0 Å². The van der Waals surface area contributed by atoms with Crippen LogP contribution in [0.1, 0.15) is 20.8 Å². The molecule has 2 unspecified atom stereocenters. The molecule has 0 aromatic carbocycles. The fourth-order valence-electron chi connectivity index (χ4n) is 0.802. The van der Waals surface area contributed by atoms with Crippen molar-refractivity contribution in [3.05, 3.63) is 0 Å². The van der Waals surface area contributed by atoms with Crippen LogP contribution in [0.25, 0.3) is 0 Å². The van der Waals surface area contributed by atoms with E-state index in [1.165, 1.54) is 0 Å². The molecule has 0 aliphatic carbocycles. The van der Waals surface area contributed by atoms with Gasteiger partial charge in [-0.05, 0) is 19.9 Å².